The highest BCUT2D eigenvalue weighted by Gasteiger charge is 2.15. The molecular weight excluding hydrogens is 590 g/mol. The summed E-state index contributed by atoms with van der Waals surface area (Å²) in [6.45, 7) is 5.70. The molecule has 0 unspecified atom stereocenters. The Labute approximate surface area is 264 Å². The Morgan fingerprint density at radius 2 is 1.67 bits per heavy atom. The van der Waals surface area contributed by atoms with E-state index in [1.807, 2.05) is 57.2 Å². The second-order valence-corrected chi connectivity index (χ2v) is 10.3. The summed E-state index contributed by atoms with van der Waals surface area (Å²) in [6.07, 6.45) is 1.19. The molecule has 0 aliphatic rings. The van der Waals surface area contributed by atoms with Gasteiger partial charge in [0, 0.05) is 40.5 Å². The van der Waals surface area contributed by atoms with Crippen molar-refractivity contribution in [2.75, 3.05) is 11.9 Å². The fourth-order valence-electron chi connectivity index (χ4n) is 4.64. The number of non-ortho nitro benzene ring substituents is 1. The van der Waals surface area contributed by atoms with E-state index in [0.717, 1.165) is 22.6 Å². The largest absolute Gasteiger partial charge is 0.486 e. The average molecular weight is 622 g/mol. The molecule has 0 spiro atoms. The first-order valence-corrected chi connectivity index (χ1v) is 14.2. The van der Waals surface area contributed by atoms with Gasteiger partial charge >= 0.3 is 5.91 Å². The molecule has 2 amide bonds. The molecule has 0 aliphatic heterocycles. The number of nitrogens with one attached hydrogen (secondary N) is 2. The summed E-state index contributed by atoms with van der Waals surface area (Å²) in [5.41, 5.74) is 7.11. The molecule has 0 saturated heterocycles. The summed E-state index contributed by atoms with van der Waals surface area (Å²) < 4.78 is 19.2. The van der Waals surface area contributed by atoms with Crippen molar-refractivity contribution in [2.24, 2.45) is 5.10 Å². The highest BCUT2D eigenvalue weighted by molar-refractivity contribution is 5.94. The van der Waals surface area contributed by atoms with Gasteiger partial charge in [0.05, 0.1) is 11.1 Å². The second kappa shape index (κ2) is 14.1. The summed E-state index contributed by atoms with van der Waals surface area (Å²) in [5.74, 6) is 0.158. The number of carbonyl (C=O) groups is 2. The molecule has 234 valence electrons. The summed E-state index contributed by atoms with van der Waals surface area (Å²) >= 11 is 0. The zero-order valence-corrected chi connectivity index (χ0v) is 25.4. The number of hydrazone groups is 1. The maximum absolute atomic E-state index is 12.6. The molecule has 12 heteroatoms. The molecule has 0 fully saturated rings. The predicted octanol–water partition coefficient (Wildman–Crippen LogP) is 6.26. The van der Waals surface area contributed by atoms with Crippen LogP contribution in [0.15, 0.2) is 101 Å². The van der Waals surface area contributed by atoms with Gasteiger partial charge in [-0.2, -0.15) is 5.10 Å². The van der Waals surface area contributed by atoms with E-state index < -0.39 is 16.7 Å². The third kappa shape index (κ3) is 7.66. The average Bonchev–Trinajstić information content (AvgIpc) is 3.66. The van der Waals surface area contributed by atoms with E-state index in [2.05, 4.69) is 32.5 Å². The normalized spacial score (nSPS) is 10.9. The van der Waals surface area contributed by atoms with E-state index in [9.17, 15) is 19.7 Å². The molecule has 5 aromatic rings. The Morgan fingerprint density at radius 3 is 2.39 bits per heavy atom. The maximum Gasteiger partial charge on any atom is 0.307 e. The van der Waals surface area contributed by atoms with Crippen LogP contribution in [-0.4, -0.2) is 34.1 Å². The zero-order chi connectivity index (χ0) is 32.6. The molecule has 5 rings (SSSR count). The third-order valence-electron chi connectivity index (χ3n) is 6.98. The first kappa shape index (κ1) is 31.3. The van der Waals surface area contributed by atoms with Crippen molar-refractivity contribution in [3.05, 3.63) is 135 Å². The number of furan rings is 1. The van der Waals surface area contributed by atoms with Crippen LogP contribution >= 0.6 is 0 Å². The number of carbonyl (C=O) groups excluding carboxylic acids is 2. The van der Waals surface area contributed by atoms with Crippen molar-refractivity contribution in [1.29, 1.82) is 0 Å². The molecule has 2 N–H and O–H groups in total. The molecule has 2 aromatic heterocycles. The lowest BCUT2D eigenvalue weighted by Crippen LogP contribution is -2.21. The molecule has 0 aliphatic carbocycles. The predicted molar refractivity (Wildman–Crippen MR) is 172 cm³/mol. The number of aromatic nitrogens is 1. The smallest absolute Gasteiger partial charge is 0.307 e. The maximum atomic E-state index is 12.6. The number of nitro groups is 1. The number of para-hydroxylation sites is 1. The van der Waals surface area contributed by atoms with Gasteiger partial charge in [0.25, 0.3) is 11.6 Å². The second-order valence-electron chi connectivity index (χ2n) is 10.3. The van der Waals surface area contributed by atoms with Crippen molar-refractivity contribution in [3.8, 4) is 17.2 Å². The van der Waals surface area contributed by atoms with Gasteiger partial charge in [-0.25, -0.2) is 5.43 Å². The number of hydrogen-bond acceptors (Lipinski definition) is 8. The van der Waals surface area contributed by atoms with E-state index >= 15 is 0 Å². The molecule has 3 aromatic carbocycles. The first-order valence-electron chi connectivity index (χ1n) is 14.2. The monoisotopic (exact) mass is 621 g/mol. The molecule has 0 saturated carbocycles. The number of hydrogen-bond donors (Lipinski definition) is 2. The highest BCUT2D eigenvalue weighted by Crippen LogP contribution is 2.24. The lowest BCUT2D eigenvalue weighted by molar-refractivity contribution is -0.384. The Kier molecular flexibility index (Phi) is 9.57. The van der Waals surface area contributed by atoms with Crippen molar-refractivity contribution in [1.82, 2.24) is 9.99 Å². The van der Waals surface area contributed by atoms with E-state index in [0.29, 0.717) is 17.2 Å². The number of ether oxygens (including phenoxy) is 2. The van der Waals surface area contributed by atoms with Crippen molar-refractivity contribution >= 4 is 29.4 Å². The Morgan fingerprint density at radius 1 is 0.935 bits per heavy atom. The fourth-order valence-corrected chi connectivity index (χ4v) is 4.64. The van der Waals surface area contributed by atoms with Crippen LogP contribution in [-0.2, 0) is 11.4 Å². The summed E-state index contributed by atoms with van der Waals surface area (Å²) in [6, 6.07) is 26.0. The van der Waals surface area contributed by atoms with Gasteiger partial charge in [-0.1, -0.05) is 18.2 Å². The third-order valence-corrected chi connectivity index (χ3v) is 6.98. The molecule has 0 atom stereocenters. The first-order chi connectivity index (χ1) is 22.2. The number of aryl methyl sites for hydroxylation is 3. The minimum absolute atomic E-state index is 0.00644. The molecular formula is C34H31N5O7. The molecule has 0 radical (unpaired) electrons. The minimum atomic E-state index is -0.644. The summed E-state index contributed by atoms with van der Waals surface area (Å²) in [7, 11) is 0. The standard InChI is InChI=1S/C34H31N5O7/c1-22-6-4-5-7-30(22)36-33(40)21-45-31-16-12-27(39(42)43)18-25(31)19-35-37-34(41)32-17-15-29(46-32)20-44-28-13-10-26(11-14-28)38-23(2)8-9-24(38)3/h4-19H,20-21H2,1-3H3,(H,36,40)(H,37,41)/b35-19+. The van der Waals surface area contributed by atoms with Crippen LogP contribution in [0, 0.1) is 30.9 Å². The van der Waals surface area contributed by atoms with Crippen molar-refractivity contribution in [3.63, 3.8) is 0 Å². The topological polar surface area (TPSA) is 150 Å². The van der Waals surface area contributed by atoms with E-state index in [1.165, 1.54) is 30.5 Å². The number of rotatable bonds is 12. The summed E-state index contributed by atoms with van der Waals surface area (Å²) in [5, 5.41) is 18.0. The van der Waals surface area contributed by atoms with E-state index in [-0.39, 0.29) is 36.0 Å². The van der Waals surface area contributed by atoms with Crippen LogP contribution in [0.1, 0.15) is 38.8 Å². The van der Waals surface area contributed by atoms with Gasteiger partial charge in [0.1, 0.15) is 23.9 Å². The number of anilines is 1. The van der Waals surface area contributed by atoms with Gasteiger partial charge in [0.2, 0.25) is 0 Å². The zero-order valence-electron chi connectivity index (χ0n) is 25.4. The molecule has 12 nitrogen and oxygen atoms in total. The number of benzene rings is 3. The van der Waals surface area contributed by atoms with Gasteiger partial charge in [-0.05, 0) is 87.0 Å². The Hall–Kier alpha value is -6.17. The fraction of sp³-hybridized carbons (Fsp3) is 0.147. The Balaban J connectivity index is 1.17. The van der Waals surface area contributed by atoms with Crippen LogP contribution in [0.25, 0.3) is 5.69 Å². The van der Waals surface area contributed by atoms with Crippen LogP contribution in [0.2, 0.25) is 0 Å². The van der Waals surface area contributed by atoms with E-state index in [1.54, 1.807) is 18.2 Å². The minimum Gasteiger partial charge on any atom is -0.486 e. The van der Waals surface area contributed by atoms with Crippen LogP contribution in [0.5, 0.6) is 11.5 Å². The molecule has 46 heavy (non-hydrogen) atoms. The van der Waals surface area contributed by atoms with Crippen LogP contribution in [0.4, 0.5) is 11.4 Å². The van der Waals surface area contributed by atoms with Gasteiger partial charge in [-0.15, -0.1) is 0 Å². The van der Waals surface area contributed by atoms with Gasteiger partial charge in [0.15, 0.2) is 12.4 Å². The Bertz CT molecular complexity index is 1890. The SMILES string of the molecule is Cc1ccccc1NC(=O)COc1ccc([N+](=O)[O-])cc1/C=N/NC(=O)c1ccc(COc2ccc(-n3c(C)ccc3C)cc2)o1. The lowest BCUT2D eigenvalue weighted by atomic mass is 10.2. The highest BCUT2D eigenvalue weighted by atomic mass is 16.6. The van der Waals surface area contributed by atoms with Gasteiger partial charge in [-0.3, -0.25) is 19.7 Å². The number of amides is 2. The number of nitro benzene ring substituents is 1. The van der Waals surface area contributed by atoms with Crippen LogP contribution in [0.3, 0.4) is 0 Å². The lowest BCUT2D eigenvalue weighted by Gasteiger charge is -2.11. The van der Waals surface area contributed by atoms with Gasteiger partial charge < -0.3 is 23.8 Å². The molecule has 2 heterocycles. The molecule has 0 bridgehead atoms. The van der Waals surface area contributed by atoms with Crippen LogP contribution < -0.4 is 20.2 Å². The quantitative estimate of drug-likeness (QED) is 0.0948. The van der Waals surface area contributed by atoms with Crippen molar-refractivity contribution in [2.45, 2.75) is 27.4 Å². The number of nitrogens with zero attached hydrogens (tertiary/aromatic N) is 3. The van der Waals surface area contributed by atoms with Crippen molar-refractivity contribution < 1.29 is 28.4 Å². The van der Waals surface area contributed by atoms with E-state index in [4.69, 9.17) is 13.9 Å². The summed E-state index contributed by atoms with van der Waals surface area (Å²) in [4.78, 5) is 35.8.